The molecule has 1 fully saturated rings. The van der Waals surface area contributed by atoms with Crippen molar-refractivity contribution in [3.63, 3.8) is 0 Å². The van der Waals surface area contributed by atoms with E-state index >= 15 is 4.39 Å². The Balaban J connectivity index is 1.47. The Bertz CT molecular complexity index is 1250. The van der Waals surface area contributed by atoms with E-state index in [4.69, 9.17) is 15.2 Å². The first-order valence-electron chi connectivity index (χ1n) is 10.8. The lowest BCUT2D eigenvalue weighted by atomic mass is 9.97. The Kier molecular flexibility index (Phi) is 5.37. The van der Waals surface area contributed by atoms with E-state index in [1.807, 2.05) is 6.92 Å². The van der Waals surface area contributed by atoms with Gasteiger partial charge in [-0.05, 0) is 43.2 Å². The van der Waals surface area contributed by atoms with Gasteiger partial charge in [0.15, 0.2) is 5.82 Å². The van der Waals surface area contributed by atoms with E-state index in [2.05, 4.69) is 20.6 Å². The van der Waals surface area contributed by atoms with Crippen LogP contribution in [0.4, 0.5) is 20.6 Å². The smallest absolute Gasteiger partial charge is 0.414 e. The minimum Gasteiger partial charge on any atom is -0.474 e. The maximum atomic E-state index is 15.3. The standard InChI is InChI=1S/C23H24FN5O4/c1-11-16(9-28-22-21(11)26-4-5-32-22)15-6-12-7-18(27-10-17(12)20(25)19(15)24)33-23(31)29-13-2-3-14(30)8-13/h6-7,9-10,13-14,26,30H,2-5,8,25H2,1H3,(H,29,31). The number of aromatic nitrogens is 2. The molecule has 2 unspecified atom stereocenters. The number of nitrogens with two attached hydrogens (primary N) is 1. The fraction of sp³-hybridized carbons (Fsp3) is 0.348. The summed E-state index contributed by atoms with van der Waals surface area (Å²) in [4.78, 5) is 20.7. The number of carbonyl (C=O) groups is 1. The van der Waals surface area contributed by atoms with Crippen LogP contribution in [0.2, 0.25) is 0 Å². The van der Waals surface area contributed by atoms with Crippen molar-refractivity contribution in [2.75, 3.05) is 24.2 Å². The number of nitrogens with one attached hydrogen (secondary N) is 2. The number of nitrogens with zero attached hydrogens (tertiary/aromatic N) is 2. The second kappa shape index (κ2) is 8.36. The van der Waals surface area contributed by atoms with Crippen LogP contribution >= 0.6 is 0 Å². The summed E-state index contributed by atoms with van der Waals surface area (Å²) in [6, 6.07) is 3.04. The van der Waals surface area contributed by atoms with E-state index < -0.39 is 18.0 Å². The van der Waals surface area contributed by atoms with Crippen molar-refractivity contribution in [3.05, 3.63) is 35.9 Å². The topological polar surface area (TPSA) is 132 Å². The van der Waals surface area contributed by atoms with Crippen LogP contribution in [0.25, 0.3) is 21.9 Å². The molecule has 10 heteroatoms. The van der Waals surface area contributed by atoms with E-state index in [-0.39, 0.29) is 23.2 Å². The highest BCUT2D eigenvalue weighted by Crippen LogP contribution is 2.39. The lowest BCUT2D eigenvalue weighted by molar-refractivity contribution is 0.175. The number of ether oxygens (including phenoxy) is 2. The molecule has 1 aliphatic carbocycles. The van der Waals surface area contributed by atoms with Gasteiger partial charge in [-0.25, -0.2) is 19.2 Å². The van der Waals surface area contributed by atoms with E-state index in [0.717, 1.165) is 11.3 Å². The van der Waals surface area contributed by atoms with Crippen molar-refractivity contribution in [2.45, 2.75) is 38.3 Å². The first-order valence-corrected chi connectivity index (χ1v) is 10.8. The number of rotatable bonds is 3. The molecule has 0 bridgehead atoms. The molecule has 1 aromatic carbocycles. The van der Waals surface area contributed by atoms with E-state index in [0.29, 0.717) is 54.6 Å². The lowest BCUT2D eigenvalue weighted by Gasteiger charge is -2.22. The molecule has 0 radical (unpaired) electrons. The summed E-state index contributed by atoms with van der Waals surface area (Å²) in [5.41, 5.74) is 8.43. The number of aliphatic hydroxyl groups is 1. The summed E-state index contributed by atoms with van der Waals surface area (Å²) in [7, 11) is 0. The number of pyridine rings is 2. The predicted molar refractivity (Wildman–Crippen MR) is 121 cm³/mol. The van der Waals surface area contributed by atoms with E-state index in [9.17, 15) is 9.90 Å². The monoisotopic (exact) mass is 453 g/mol. The Labute approximate surface area is 189 Å². The molecule has 1 saturated carbocycles. The van der Waals surface area contributed by atoms with Gasteiger partial charge < -0.3 is 30.9 Å². The van der Waals surface area contributed by atoms with Crippen LogP contribution in [0, 0.1) is 12.7 Å². The van der Waals surface area contributed by atoms with Crippen molar-refractivity contribution < 1.29 is 23.8 Å². The molecule has 5 N–H and O–H groups in total. The molecule has 9 nitrogen and oxygen atoms in total. The van der Waals surface area contributed by atoms with Gasteiger partial charge in [0.05, 0.1) is 11.8 Å². The number of benzene rings is 1. The zero-order chi connectivity index (χ0) is 23.1. The third kappa shape index (κ3) is 3.97. The van der Waals surface area contributed by atoms with Gasteiger partial charge in [0.2, 0.25) is 11.8 Å². The molecule has 0 saturated heterocycles. The molecule has 1 amide bonds. The zero-order valence-electron chi connectivity index (χ0n) is 18.0. The van der Waals surface area contributed by atoms with Crippen LogP contribution in [0.15, 0.2) is 24.5 Å². The third-order valence-corrected chi connectivity index (χ3v) is 6.13. The molecule has 0 spiro atoms. The molecule has 3 aromatic rings. The lowest BCUT2D eigenvalue weighted by Crippen LogP contribution is -2.35. The zero-order valence-corrected chi connectivity index (χ0v) is 18.0. The fourth-order valence-electron chi connectivity index (χ4n) is 4.40. The molecule has 33 heavy (non-hydrogen) atoms. The minimum absolute atomic E-state index is 0.0488. The number of halogens is 1. The van der Waals surface area contributed by atoms with Crippen molar-refractivity contribution >= 4 is 28.2 Å². The fourth-order valence-corrected chi connectivity index (χ4v) is 4.40. The number of nitrogen functional groups attached to an aromatic ring is 1. The summed E-state index contributed by atoms with van der Waals surface area (Å²) in [6.45, 7) is 3.01. The maximum Gasteiger partial charge on any atom is 0.414 e. The van der Waals surface area contributed by atoms with E-state index in [1.165, 1.54) is 6.20 Å². The van der Waals surface area contributed by atoms with Gasteiger partial charge in [0.1, 0.15) is 12.3 Å². The Morgan fingerprint density at radius 2 is 2.15 bits per heavy atom. The van der Waals surface area contributed by atoms with Gasteiger partial charge in [-0.1, -0.05) is 0 Å². The first kappa shape index (κ1) is 21.2. The summed E-state index contributed by atoms with van der Waals surface area (Å²) in [5.74, 6) is -0.0275. The van der Waals surface area contributed by atoms with Gasteiger partial charge in [-0.2, -0.15) is 0 Å². The molecular formula is C23H24FN5O4. The molecule has 172 valence electrons. The maximum absolute atomic E-state index is 15.3. The van der Waals surface area contributed by atoms with Gasteiger partial charge in [-0.15, -0.1) is 0 Å². The predicted octanol–water partition coefficient (Wildman–Crippen LogP) is 3.13. The Morgan fingerprint density at radius 3 is 2.94 bits per heavy atom. The van der Waals surface area contributed by atoms with E-state index in [1.54, 1.807) is 18.3 Å². The van der Waals surface area contributed by atoms with Crippen molar-refractivity contribution in [1.82, 2.24) is 15.3 Å². The van der Waals surface area contributed by atoms with Gasteiger partial charge in [-0.3, -0.25) is 0 Å². The number of hydrogen-bond donors (Lipinski definition) is 4. The van der Waals surface area contributed by atoms with Gasteiger partial charge in [0, 0.05) is 47.6 Å². The summed E-state index contributed by atoms with van der Waals surface area (Å²) in [5, 5.41) is 16.6. The third-order valence-electron chi connectivity index (χ3n) is 6.13. The molecule has 5 rings (SSSR count). The summed E-state index contributed by atoms with van der Waals surface area (Å²) in [6.07, 6.45) is 3.71. The number of fused-ring (bicyclic) bond motifs is 2. The van der Waals surface area contributed by atoms with Gasteiger partial charge >= 0.3 is 6.09 Å². The van der Waals surface area contributed by atoms with Crippen molar-refractivity contribution in [3.8, 4) is 22.9 Å². The average Bonchev–Trinajstić information content (AvgIpc) is 3.21. The molecule has 3 heterocycles. The molecular weight excluding hydrogens is 429 g/mol. The van der Waals surface area contributed by atoms with Crippen LogP contribution in [0.5, 0.6) is 11.8 Å². The van der Waals surface area contributed by atoms with Crippen molar-refractivity contribution in [1.29, 1.82) is 0 Å². The summed E-state index contributed by atoms with van der Waals surface area (Å²) < 4.78 is 26.1. The minimum atomic E-state index is -0.655. The second-order valence-corrected chi connectivity index (χ2v) is 8.35. The molecule has 2 aromatic heterocycles. The molecule has 2 atom stereocenters. The normalized spacial score (nSPS) is 19.5. The average molecular weight is 453 g/mol. The Hall–Kier alpha value is -3.66. The summed E-state index contributed by atoms with van der Waals surface area (Å²) >= 11 is 0. The number of aliphatic hydroxyl groups excluding tert-OH is 1. The first-order chi connectivity index (χ1) is 15.9. The van der Waals surface area contributed by atoms with Gasteiger partial charge in [0.25, 0.3) is 0 Å². The second-order valence-electron chi connectivity index (χ2n) is 8.35. The quantitative estimate of drug-likeness (QED) is 0.445. The van der Waals surface area contributed by atoms with Crippen molar-refractivity contribution in [2.24, 2.45) is 0 Å². The number of anilines is 2. The van der Waals surface area contributed by atoms with Crippen LogP contribution < -0.4 is 25.8 Å². The van der Waals surface area contributed by atoms with Crippen LogP contribution in [0.1, 0.15) is 24.8 Å². The highest BCUT2D eigenvalue weighted by atomic mass is 19.1. The van der Waals surface area contributed by atoms with Crippen LogP contribution in [-0.2, 0) is 0 Å². The SMILES string of the molecule is Cc1c(-c2cc3cc(OC(=O)NC4CCC(O)C4)ncc3c(N)c2F)cnc2c1NCCO2. The molecule has 2 aliphatic rings. The Morgan fingerprint density at radius 1 is 1.30 bits per heavy atom. The van der Waals surface area contributed by atoms with Crippen LogP contribution in [-0.4, -0.2) is 46.5 Å². The number of amides is 1. The molecule has 1 aliphatic heterocycles. The largest absolute Gasteiger partial charge is 0.474 e. The number of hydrogen-bond acceptors (Lipinski definition) is 8. The highest BCUT2D eigenvalue weighted by molar-refractivity contribution is 5.98. The van der Waals surface area contributed by atoms with Crippen LogP contribution in [0.3, 0.4) is 0 Å². The highest BCUT2D eigenvalue weighted by Gasteiger charge is 2.25. The number of carbonyl (C=O) groups excluding carboxylic acids is 1.